The summed E-state index contributed by atoms with van der Waals surface area (Å²) >= 11 is 0. The normalized spacial score (nSPS) is 18.0. The summed E-state index contributed by atoms with van der Waals surface area (Å²) in [5.74, 6) is 0.207. The molecule has 0 aromatic heterocycles. The molecule has 0 bridgehead atoms. The van der Waals surface area contributed by atoms with E-state index in [-0.39, 0.29) is 18.4 Å². The number of rotatable bonds is 6. The van der Waals surface area contributed by atoms with Gasteiger partial charge in [0.05, 0.1) is 12.7 Å². The molecule has 2 N–H and O–H groups in total. The van der Waals surface area contributed by atoms with Crippen LogP contribution in [0.4, 0.5) is 13.2 Å². The molecule has 0 unspecified atom stereocenters. The molecule has 1 atom stereocenters. The Hall–Kier alpha value is -1.31. The van der Waals surface area contributed by atoms with Gasteiger partial charge in [0.2, 0.25) is 0 Å². The average Bonchev–Trinajstić information content (AvgIpc) is 2.55. The highest BCUT2D eigenvalue weighted by atomic mass is 19.4. The molecule has 2 rings (SSSR count). The Balaban J connectivity index is 2.35. The van der Waals surface area contributed by atoms with Crippen molar-refractivity contribution < 1.29 is 23.0 Å². The molecule has 1 saturated heterocycles. The third-order valence-corrected chi connectivity index (χ3v) is 4.10. The van der Waals surface area contributed by atoms with E-state index < -0.39 is 11.7 Å². The van der Waals surface area contributed by atoms with Gasteiger partial charge in [0, 0.05) is 38.8 Å². The van der Waals surface area contributed by atoms with E-state index in [4.69, 9.17) is 9.84 Å². The van der Waals surface area contributed by atoms with E-state index in [0.29, 0.717) is 18.4 Å². The monoisotopic (exact) mass is 332 g/mol. The molecule has 0 spiro atoms. The Kier molecular flexibility index (Phi) is 6.26. The summed E-state index contributed by atoms with van der Waals surface area (Å²) in [6, 6.07) is 3.73. The van der Waals surface area contributed by atoms with Crippen LogP contribution < -0.4 is 10.1 Å². The highest BCUT2D eigenvalue weighted by molar-refractivity contribution is 5.37. The fourth-order valence-electron chi connectivity index (χ4n) is 2.93. The van der Waals surface area contributed by atoms with E-state index in [9.17, 15) is 13.2 Å². The fraction of sp³-hybridized carbons (Fsp3) is 0.625. The number of aliphatic hydroxyl groups is 1. The first kappa shape index (κ1) is 18.0. The minimum atomic E-state index is -4.41. The Bertz CT molecular complexity index is 503. The number of ether oxygens (including phenoxy) is 1. The van der Waals surface area contributed by atoms with E-state index in [1.165, 1.54) is 13.2 Å². The average molecular weight is 332 g/mol. The number of benzene rings is 1. The smallest absolute Gasteiger partial charge is 0.416 e. The van der Waals surface area contributed by atoms with Crippen LogP contribution in [-0.4, -0.2) is 49.9 Å². The maximum absolute atomic E-state index is 13.1. The van der Waals surface area contributed by atoms with Gasteiger partial charge in [-0.2, -0.15) is 13.2 Å². The molecular weight excluding hydrogens is 309 g/mol. The second-order valence-electron chi connectivity index (χ2n) is 5.66. The summed E-state index contributed by atoms with van der Waals surface area (Å²) in [5.41, 5.74) is -0.108. The lowest BCUT2D eigenvalue weighted by Gasteiger charge is -2.35. The van der Waals surface area contributed by atoms with Crippen LogP contribution in [-0.2, 0) is 6.18 Å². The molecule has 0 amide bonds. The van der Waals surface area contributed by atoms with E-state index in [1.54, 1.807) is 6.07 Å². The molecule has 4 nitrogen and oxygen atoms in total. The van der Waals surface area contributed by atoms with Crippen molar-refractivity contribution in [1.82, 2.24) is 10.2 Å². The molecule has 23 heavy (non-hydrogen) atoms. The van der Waals surface area contributed by atoms with Gasteiger partial charge >= 0.3 is 6.18 Å². The number of alkyl halides is 3. The van der Waals surface area contributed by atoms with Crippen LogP contribution in [0.25, 0.3) is 0 Å². The minimum absolute atomic E-state index is 0.0265. The highest BCUT2D eigenvalue weighted by Gasteiger charge is 2.33. The quantitative estimate of drug-likeness (QED) is 0.840. The highest BCUT2D eigenvalue weighted by Crippen LogP contribution is 2.36. The van der Waals surface area contributed by atoms with Gasteiger partial charge in [-0.3, -0.25) is 4.90 Å². The van der Waals surface area contributed by atoms with Crippen molar-refractivity contribution in [1.29, 1.82) is 0 Å². The van der Waals surface area contributed by atoms with Crippen molar-refractivity contribution in [2.75, 3.05) is 39.9 Å². The molecule has 1 fully saturated rings. The van der Waals surface area contributed by atoms with E-state index in [1.807, 2.05) is 0 Å². The lowest BCUT2D eigenvalue weighted by Crippen LogP contribution is -2.45. The van der Waals surface area contributed by atoms with Crippen LogP contribution in [0, 0.1) is 0 Å². The first-order chi connectivity index (χ1) is 11.0. The number of hydrogen-bond donors (Lipinski definition) is 2. The van der Waals surface area contributed by atoms with Gasteiger partial charge in [-0.05, 0) is 36.6 Å². The maximum Gasteiger partial charge on any atom is 0.416 e. The standard InChI is InChI=1S/C16H23F3N2O2/c1-23-14-10-12(9-13(11-14)16(17,18)19)15(3-2-8-22)21-6-4-20-5-7-21/h9-11,15,20,22H,2-8H2,1H3/t15-/m1/s1. The van der Waals surface area contributed by atoms with E-state index in [2.05, 4.69) is 10.2 Å². The van der Waals surface area contributed by atoms with E-state index >= 15 is 0 Å². The summed E-state index contributed by atoms with van der Waals surface area (Å²) in [5, 5.41) is 12.3. The molecule has 0 aliphatic carbocycles. The number of hydrogen-bond acceptors (Lipinski definition) is 4. The van der Waals surface area contributed by atoms with Gasteiger partial charge in [-0.1, -0.05) is 0 Å². The van der Waals surface area contributed by atoms with Gasteiger partial charge < -0.3 is 15.2 Å². The third kappa shape index (κ3) is 4.83. The summed E-state index contributed by atoms with van der Waals surface area (Å²) in [4.78, 5) is 2.17. The predicted octanol–water partition coefficient (Wildman–Crippen LogP) is 2.43. The SMILES string of the molecule is COc1cc([C@@H](CCCO)N2CCNCC2)cc(C(F)(F)F)c1. The second kappa shape index (κ2) is 7.99. The van der Waals surface area contributed by atoms with Gasteiger partial charge in [0.15, 0.2) is 0 Å². The van der Waals surface area contributed by atoms with Gasteiger partial charge in [-0.25, -0.2) is 0 Å². The lowest BCUT2D eigenvalue weighted by atomic mass is 9.97. The van der Waals surface area contributed by atoms with Crippen molar-refractivity contribution >= 4 is 0 Å². The van der Waals surface area contributed by atoms with Crippen LogP contribution in [0.15, 0.2) is 18.2 Å². The first-order valence-corrected chi connectivity index (χ1v) is 7.77. The Morgan fingerprint density at radius 1 is 1.26 bits per heavy atom. The van der Waals surface area contributed by atoms with Crippen LogP contribution in [0.5, 0.6) is 5.75 Å². The molecule has 1 aromatic carbocycles. The van der Waals surface area contributed by atoms with Gasteiger partial charge in [0.1, 0.15) is 5.75 Å². The van der Waals surface area contributed by atoms with Crippen LogP contribution >= 0.6 is 0 Å². The lowest BCUT2D eigenvalue weighted by molar-refractivity contribution is -0.137. The molecule has 1 aliphatic rings. The van der Waals surface area contributed by atoms with Crippen LogP contribution in [0.1, 0.15) is 30.0 Å². The Labute approximate surface area is 134 Å². The van der Waals surface area contributed by atoms with Gasteiger partial charge in [0.25, 0.3) is 0 Å². The van der Waals surface area contributed by atoms with Crippen molar-refractivity contribution in [2.45, 2.75) is 25.1 Å². The zero-order valence-corrected chi connectivity index (χ0v) is 13.2. The number of aliphatic hydroxyl groups excluding tert-OH is 1. The summed E-state index contributed by atoms with van der Waals surface area (Å²) < 4.78 is 44.4. The predicted molar refractivity (Wildman–Crippen MR) is 81.5 cm³/mol. The molecule has 7 heteroatoms. The Morgan fingerprint density at radius 2 is 1.96 bits per heavy atom. The number of piperazine rings is 1. The summed E-state index contributed by atoms with van der Waals surface area (Å²) in [6.45, 7) is 3.19. The zero-order chi connectivity index (χ0) is 16.9. The Morgan fingerprint density at radius 3 is 2.52 bits per heavy atom. The molecular formula is C16H23F3N2O2. The van der Waals surface area contributed by atoms with Crippen molar-refractivity contribution in [3.63, 3.8) is 0 Å². The number of methoxy groups -OCH3 is 1. The summed E-state index contributed by atoms with van der Waals surface area (Å²) in [7, 11) is 1.37. The van der Waals surface area contributed by atoms with Crippen molar-refractivity contribution in [2.24, 2.45) is 0 Å². The molecule has 0 saturated carbocycles. The second-order valence-corrected chi connectivity index (χ2v) is 5.66. The van der Waals surface area contributed by atoms with Crippen LogP contribution in [0.3, 0.4) is 0 Å². The molecule has 1 heterocycles. The zero-order valence-electron chi connectivity index (χ0n) is 13.2. The number of nitrogens with one attached hydrogen (secondary N) is 1. The first-order valence-electron chi connectivity index (χ1n) is 7.77. The number of halogens is 3. The fourth-order valence-corrected chi connectivity index (χ4v) is 2.93. The largest absolute Gasteiger partial charge is 0.497 e. The molecule has 1 aromatic rings. The van der Waals surface area contributed by atoms with Gasteiger partial charge in [-0.15, -0.1) is 0 Å². The third-order valence-electron chi connectivity index (χ3n) is 4.10. The van der Waals surface area contributed by atoms with Crippen molar-refractivity contribution in [3.05, 3.63) is 29.3 Å². The van der Waals surface area contributed by atoms with E-state index in [0.717, 1.165) is 32.2 Å². The molecule has 0 radical (unpaired) electrons. The summed E-state index contributed by atoms with van der Waals surface area (Å²) in [6.07, 6.45) is -3.25. The minimum Gasteiger partial charge on any atom is -0.497 e. The molecule has 130 valence electrons. The number of nitrogens with zero attached hydrogens (tertiary/aromatic N) is 1. The van der Waals surface area contributed by atoms with Crippen molar-refractivity contribution in [3.8, 4) is 5.75 Å². The maximum atomic E-state index is 13.1. The molecule has 1 aliphatic heterocycles. The van der Waals surface area contributed by atoms with Crippen LogP contribution in [0.2, 0.25) is 0 Å². The topological polar surface area (TPSA) is 44.7 Å².